The van der Waals surface area contributed by atoms with Crippen LogP contribution in [0, 0.1) is 25.5 Å². The van der Waals surface area contributed by atoms with E-state index in [4.69, 9.17) is 14.3 Å². The van der Waals surface area contributed by atoms with E-state index in [0.29, 0.717) is 60.0 Å². The van der Waals surface area contributed by atoms with Crippen molar-refractivity contribution in [1.29, 1.82) is 0 Å². The van der Waals surface area contributed by atoms with Crippen LogP contribution in [0.4, 0.5) is 14.5 Å². The number of likely N-dealkylation sites (N-methyl/N-ethyl adjacent to an activating group) is 1. The first-order valence-electron chi connectivity index (χ1n) is 13.8. The average molecular weight is 677 g/mol. The molecule has 41 heavy (non-hydrogen) atoms. The van der Waals surface area contributed by atoms with Crippen LogP contribution in [0.1, 0.15) is 48.0 Å². The molecule has 3 atom stereocenters. The first-order valence-corrected chi connectivity index (χ1v) is 14.8. The van der Waals surface area contributed by atoms with E-state index in [0.717, 1.165) is 12.3 Å². The van der Waals surface area contributed by atoms with E-state index in [2.05, 4.69) is 27.8 Å². The summed E-state index contributed by atoms with van der Waals surface area (Å²) in [5, 5.41) is 6.77. The fourth-order valence-electron chi connectivity index (χ4n) is 5.79. The second kappa shape index (κ2) is 11.8. The fourth-order valence-corrected chi connectivity index (χ4v) is 6.72. The van der Waals surface area contributed by atoms with Crippen molar-refractivity contribution in [2.24, 2.45) is 5.10 Å². The highest BCUT2D eigenvalue weighted by molar-refractivity contribution is 14.1. The number of carbonyl (C=O) groups is 1. The molecule has 10 heteroatoms. The molecular formula is C31H35F2IN4O3. The summed E-state index contributed by atoms with van der Waals surface area (Å²) in [6, 6.07) is 12.8. The van der Waals surface area contributed by atoms with Crippen molar-refractivity contribution in [3.63, 3.8) is 0 Å². The van der Waals surface area contributed by atoms with Gasteiger partial charge in [-0.25, -0.2) is 13.8 Å². The van der Waals surface area contributed by atoms with E-state index in [1.165, 1.54) is 24.3 Å². The zero-order valence-electron chi connectivity index (χ0n) is 24.0. The molecule has 0 radical (unpaired) electrons. The Morgan fingerprint density at radius 2 is 1.83 bits per heavy atom. The van der Waals surface area contributed by atoms with Gasteiger partial charge in [-0.2, -0.15) is 5.10 Å². The minimum atomic E-state index is -1.30. The molecular weight excluding hydrogens is 641 g/mol. The molecule has 2 unspecified atom stereocenters. The summed E-state index contributed by atoms with van der Waals surface area (Å²) in [6.07, 6.45) is 0.541. The molecule has 0 saturated carbocycles. The maximum atomic E-state index is 14.7. The number of hydrogen-bond donors (Lipinski definition) is 0. The topological polar surface area (TPSA) is 61.5 Å². The van der Waals surface area contributed by atoms with E-state index in [-0.39, 0.29) is 23.6 Å². The summed E-state index contributed by atoms with van der Waals surface area (Å²) >= 11 is 2.06. The Bertz CT molecular complexity index is 1480. The highest BCUT2D eigenvalue weighted by atomic mass is 127. The molecule has 2 aromatic carbocycles. The lowest BCUT2D eigenvalue weighted by molar-refractivity contribution is -0.132. The molecule has 2 aliphatic rings. The van der Waals surface area contributed by atoms with Gasteiger partial charge in [0.05, 0.1) is 59.4 Å². The summed E-state index contributed by atoms with van der Waals surface area (Å²) in [4.78, 5) is 16.9. The molecule has 0 bridgehead atoms. The molecule has 3 heterocycles. The van der Waals surface area contributed by atoms with E-state index < -0.39 is 11.5 Å². The number of benzene rings is 2. The van der Waals surface area contributed by atoms with Crippen molar-refractivity contribution in [3.05, 3.63) is 88.4 Å². The lowest BCUT2D eigenvalue weighted by atomic mass is 9.77. The highest BCUT2D eigenvalue weighted by Gasteiger charge is 2.57. The zero-order valence-corrected chi connectivity index (χ0v) is 26.1. The predicted molar refractivity (Wildman–Crippen MR) is 163 cm³/mol. The van der Waals surface area contributed by atoms with E-state index in [1.807, 2.05) is 40.0 Å². The van der Waals surface area contributed by atoms with Crippen LogP contribution in [-0.2, 0) is 16.0 Å². The lowest BCUT2D eigenvalue weighted by Gasteiger charge is -2.40. The number of rotatable bonds is 7. The summed E-state index contributed by atoms with van der Waals surface area (Å²) in [6.45, 7) is 10.0. The van der Waals surface area contributed by atoms with Gasteiger partial charge < -0.3 is 14.1 Å². The van der Waals surface area contributed by atoms with Gasteiger partial charge in [0, 0.05) is 25.1 Å². The maximum Gasteiger partial charge on any atom is 0.260 e. The molecule has 1 aromatic heterocycles. The number of aryl methyl sites for hydroxylation is 3. The summed E-state index contributed by atoms with van der Waals surface area (Å²) in [5.41, 5.74) is 1.91. The standard InChI is InChI=1S/C31H35F2IN4O3/c1-6-23-9-12-27(41-23)28-29(25-10-7-21(32)15-19(25)2)35-38(26-11-8-22(33)16-20(26)3)31(28,4)30(39)37(34)18-24-17-36(5)13-14-40-24/h7-12,15-16,24,28H,6,13-14,17-18H2,1-5H3/t24-,28?,31?/m0/s1. The van der Waals surface area contributed by atoms with Gasteiger partial charge in [-0.05, 0) is 87.5 Å². The Hall–Kier alpha value is -2.83. The average Bonchev–Trinajstić information content (AvgIpc) is 3.51. The van der Waals surface area contributed by atoms with Crippen LogP contribution in [0.25, 0.3) is 0 Å². The van der Waals surface area contributed by atoms with Gasteiger partial charge in [-0.3, -0.25) is 7.91 Å². The van der Waals surface area contributed by atoms with Crippen LogP contribution < -0.4 is 5.01 Å². The van der Waals surface area contributed by atoms with Crippen molar-refractivity contribution in [2.75, 3.05) is 38.3 Å². The third-order valence-electron chi connectivity index (χ3n) is 8.01. The van der Waals surface area contributed by atoms with Crippen molar-refractivity contribution in [1.82, 2.24) is 8.01 Å². The van der Waals surface area contributed by atoms with E-state index in [1.54, 1.807) is 27.2 Å². The molecule has 0 spiro atoms. The molecule has 7 nitrogen and oxygen atoms in total. The van der Waals surface area contributed by atoms with Crippen LogP contribution in [0.5, 0.6) is 0 Å². The van der Waals surface area contributed by atoms with Crippen molar-refractivity contribution < 1.29 is 22.7 Å². The van der Waals surface area contributed by atoms with Crippen molar-refractivity contribution in [2.45, 2.75) is 51.7 Å². The van der Waals surface area contributed by atoms with Gasteiger partial charge in [0.25, 0.3) is 5.91 Å². The Morgan fingerprint density at radius 3 is 2.46 bits per heavy atom. The third-order valence-corrected chi connectivity index (χ3v) is 8.84. The van der Waals surface area contributed by atoms with E-state index >= 15 is 0 Å². The molecule has 0 N–H and O–H groups in total. The van der Waals surface area contributed by atoms with Crippen LogP contribution in [-0.4, -0.2) is 64.6 Å². The fraction of sp³-hybridized carbons (Fsp3) is 0.419. The van der Waals surface area contributed by atoms with Crippen LogP contribution in [0.3, 0.4) is 0 Å². The van der Waals surface area contributed by atoms with Gasteiger partial charge in [0.1, 0.15) is 23.2 Å². The molecule has 3 aromatic rings. The molecule has 218 valence electrons. The number of carbonyl (C=O) groups excluding carboxylic acids is 1. The number of morpholine rings is 1. The SMILES string of the molecule is CCc1ccc(C2C(c3ccc(F)cc3C)=NN(c3ccc(F)cc3C)C2(C)C(=O)N(I)C[C@@H]2CN(C)CCO2)o1. The molecule has 1 fully saturated rings. The Balaban J connectivity index is 1.67. The number of anilines is 1. The van der Waals surface area contributed by atoms with Gasteiger partial charge in [0.15, 0.2) is 5.54 Å². The summed E-state index contributed by atoms with van der Waals surface area (Å²) in [5.74, 6) is -0.199. The lowest BCUT2D eigenvalue weighted by Crippen LogP contribution is -2.57. The number of nitrogens with zero attached hydrogens (tertiary/aromatic N) is 4. The second-order valence-electron chi connectivity index (χ2n) is 11.0. The third kappa shape index (κ3) is 5.65. The Kier molecular flexibility index (Phi) is 8.54. The second-order valence-corrected chi connectivity index (χ2v) is 12.2. The molecule has 1 amide bonds. The number of ether oxygens (including phenoxy) is 1. The van der Waals surface area contributed by atoms with Crippen molar-refractivity contribution >= 4 is 40.2 Å². The first kappa shape index (κ1) is 29.7. The molecule has 1 saturated heterocycles. The Morgan fingerprint density at radius 1 is 1.12 bits per heavy atom. The van der Waals surface area contributed by atoms with Crippen LogP contribution in [0.2, 0.25) is 0 Å². The summed E-state index contributed by atoms with van der Waals surface area (Å²) < 4.78 is 42.4. The number of hydrogen-bond acceptors (Lipinski definition) is 6. The minimum absolute atomic E-state index is 0.144. The normalized spacial score (nSPS) is 23.1. The van der Waals surface area contributed by atoms with Gasteiger partial charge >= 0.3 is 0 Å². The number of furan rings is 1. The number of amides is 1. The van der Waals surface area contributed by atoms with E-state index in [9.17, 15) is 13.6 Å². The largest absolute Gasteiger partial charge is 0.465 e. The quantitative estimate of drug-likeness (QED) is 0.227. The molecule has 2 aliphatic heterocycles. The number of halogens is 3. The monoisotopic (exact) mass is 676 g/mol. The first-order chi connectivity index (χ1) is 19.5. The smallest absolute Gasteiger partial charge is 0.260 e. The minimum Gasteiger partial charge on any atom is -0.465 e. The zero-order chi connectivity index (χ0) is 29.5. The Labute approximate surface area is 253 Å². The number of hydrazone groups is 1. The van der Waals surface area contributed by atoms with Crippen LogP contribution in [0.15, 0.2) is 58.0 Å². The maximum absolute atomic E-state index is 14.7. The van der Waals surface area contributed by atoms with Crippen LogP contribution >= 0.6 is 22.9 Å². The van der Waals surface area contributed by atoms with Gasteiger partial charge in [0.2, 0.25) is 0 Å². The molecule has 5 rings (SSSR count). The van der Waals surface area contributed by atoms with Crippen molar-refractivity contribution in [3.8, 4) is 0 Å². The van der Waals surface area contributed by atoms with Gasteiger partial charge in [-0.1, -0.05) is 6.92 Å². The molecule has 0 aliphatic carbocycles. The summed E-state index contributed by atoms with van der Waals surface area (Å²) in [7, 11) is 2.04. The van der Waals surface area contributed by atoms with Gasteiger partial charge in [-0.15, -0.1) is 0 Å². The predicted octanol–water partition coefficient (Wildman–Crippen LogP) is 6.01. The highest BCUT2D eigenvalue weighted by Crippen LogP contribution is 2.47.